The van der Waals surface area contributed by atoms with Crippen LogP contribution in [0.3, 0.4) is 0 Å². The van der Waals surface area contributed by atoms with Crippen LogP contribution in [0.1, 0.15) is 15.9 Å². The Morgan fingerprint density at radius 2 is 1.54 bits per heavy atom. The molecular weight excluding hydrogens is 490 g/mol. The fourth-order valence-corrected chi connectivity index (χ4v) is 4.12. The van der Waals surface area contributed by atoms with Crippen molar-refractivity contribution in [1.29, 1.82) is 0 Å². The van der Waals surface area contributed by atoms with E-state index in [1.165, 1.54) is 68.7 Å². The first-order valence-corrected chi connectivity index (χ1v) is 11.5. The summed E-state index contributed by atoms with van der Waals surface area (Å²) in [6.45, 7) is -0.190. The maximum absolute atomic E-state index is 14.4. The number of para-hydroxylation sites is 1. The smallest absolute Gasteiger partial charge is 0.406 e. The first-order valence-electron chi connectivity index (χ1n) is 10.1. The molecule has 3 aromatic rings. The lowest BCUT2D eigenvalue weighted by Gasteiger charge is -2.27. The topological polar surface area (TPSA) is 79.0 Å². The van der Waals surface area contributed by atoms with Gasteiger partial charge >= 0.3 is 16.6 Å². The molecule has 0 spiro atoms. The van der Waals surface area contributed by atoms with Crippen LogP contribution in [0.25, 0.3) is 0 Å². The van der Waals surface area contributed by atoms with Crippen molar-refractivity contribution in [3.8, 4) is 5.75 Å². The van der Waals surface area contributed by atoms with Crippen LogP contribution in [0, 0.1) is 5.82 Å². The molecule has 0 radical (unpaired) electrons. The molecule has 3 rings (SSSR count). The summed E-state index contributed by atoms with van der Waals surface area (Å²) in [6, 6.07) is 16.1. The Labute approximate surface area is 199 Å². The molecule has 0 heterocycles. The van der Waals surface area contributed by atoms with E-state index in [2.05, 4.69) is 10.1 Å². The van der Waals surface area contributed by atoms with Crippen molar-refractivity contribution in [2.75, 3.05) is 23.7 Å². The fourth-order valence-electron chi connectivity index (χ4n) is 3.01. The Kier molecular flexibility index (Phi) is 7.66. The van der Waals surface area contributed by atoms with Crippen molar-refractivity contribution in [1.82, 2.24) is 4.31 Å². The monoisotopic (exact) mass is 511 g/mol. The lowest BCUT2D eigenvalue weighted by molar-refractivity contribution is -0.274. The number of halogens is 4. The van der Waals surface area contributed by atoms with Crippen LogP contribution >= 0.6 is 0 Å². The van der Waals surface area contributed by atoms with Crippen LogP contribution in [0.2, 0.25) is 0 Å². The standard InChI is InChI=1S/C23H21F4N3O4S/c1-29(2)35(32,33)30(21-6-4-3-5-20(21)24)15-16-7-9-17(10-8-16)22(31)28-18-11-13-19(14-12-18)34-23(25,26)27/h3-14H,15H2,1-2H3,(H,28,31). The van der Waals surface area contributed by atoms with E-state index in [1.807, 2.05) is 0 Å². The molecule has 0 atom stereocenters. The van der Waals surface area contributed by atoms with Crippen LogP contribution in [0.5, 0.6) is 5.75 Å². The maximum atomic E-state index is 14.4. The molecule has 7 nitrogen and oxygen atoms in total. The average molecular weight is 511 g/mol. The number of ether oxygens (including phenoxy) is 1. The predicted octanol–water partition coefficient (Wildman–Crippen LogP) is 4.79. The average Bonchev–Trinajstić information content (AvgIpc) is 2.78. The van der Waals surface area contributed by atoms with Gasteiger partial charge in [-0.1, -0.05) is 24.3 Å². The third-order valence-corrected chi connectivity index (χ3v) is 6.55. The van der Waals surface area contributed by atoms with Gasteiger partial charge in [-0.25, -0.2) is 4.39 Å². The molecule has 0 aliphatic heterocycles. The highest BCUT2D eigenvalue weighted by Gasteiger charge is 2.31. The molecule has 1 N–H and O–H groups in total. The second-order valence-electron chi connectivity index (χ2n) is 7.47. The Morgan fingerprint density at radius 3 is 2.09 bits per heavy atom. The number of carbonyl (C=O) groups excluding carboxylic acids is 1. The van der Waals surface area contributed by atoms with E-state index >= 15 is 0 Å². The molecule has 12 heteroatoms. The van der Waals surface area contributed by atoms with E-state index < -0.39 is 34.0 Å². The van der Waals surface area contributed by atoms with Gasteiger partial charge in [0.05, 0.1) is 12.2 Å². The number of hydrogen-bond acceptors (Lipinski definition) is 4. The van der Waals surface area contributed by atoms with E-state index in [-0.39, 0.29) is 23.5 Å². The molecule has 0 saturated heterocycles. The molecule has 0 fully saturated rings. The van der Waals surface area contributed by atoms with Gasteiger partial charge in [0.1, 0.15) is 11.6 Å². The van der Waals surface area contributed by atoms with Gasteiger partial charge in [-0.15, -0.1) is 13.2 Å². The molecule has 0 aliphatic carbocycles. The van der Waals surface area contributed by atoms with Gasteiger partial charge in [0.15, 0.2) is 0 Å². The molecule has 1 amide bonds. The summed E-state index contributed by atoms with van der Waals surface area (Å²) in [7, 11) is -1.36. The third-order valence-electron chi connectivity index (χ3n) is 4.75. The second kappa shape index (κ2) is 10.3. The fraction of sp³-hybridized carbons (Fsp3) is 0.174. The van der Waals surface area contributed by atoms with Gasteiger partial charge < -0.3 is 10.1 Å². The number of rotatable bonds is 8. The van der Waals surface area contributed by atoms with Gasteiger partial charge in [-0.3, -0.25) is 9.10 Å². The molecule has 0 aliphatic rings. The third kappa shape index (κ3) is 6.70. The Morgan fingerprint density at radius 1 is 0.943 bits per heavy atom. The van der Waals surface area contributed by atoms with Gasteiger partial charge in [0.25, 0.3) is 5.91 Å². The Bertz CT molecular complexity index is 1280. The van der Waals surface area contributed by atoms with E-state index in [1.54, 1.807) is 0 Å². The minimum atomic E-state index is -4.82. The number of nitrogens with one attached hydrogen (secondary N) is 1. The zero-order valence-electron chi connectivity index (χ0n) is 18.6. The van der Waals surface area contributed by atoms with Crippen molar-refractivity contribution < 1.29 is 35.5 Å². The highest BCUT2D eigenvalue weighted by Crippen LogP contribution is 2.26. The second-order valence-corrected chi connectivity index (χ2v) is 9.54. The predicted molar refractivity (Wildman–Crippen MR) is 123 cm³/mol. The number of alkyl halides is 3. The summed E-state index contributed by atoms with van der Waals surface area (Å²) in [6.07, 6.45) is -4.82. The lowest BCUT2D eigenvalue weighted by Crippen LogP contribution is -2.40. The highest BCUT2D eigenvalue weighted by atomic mass is 32.2. The summed E-state index contributed by atoms with van der Waals surface area (Å²) >= 11 is 0. The number of anilines is 2. The van der Waals surface area contributed by atoms with Crippen molar-refractivity contribution in [2.24, 2.45) is 0 Å². The van der Waals surface area contributed by atoms with E-state index in [4.69, 9.17) is 0 Å². The Hall–Kier alpha value is -3.64. The number of carbonyl (C=O) groups is 1. The number of amides is 1. The lowest BCUT2D eigenvalue weighted by atomic mass is 10.1. The number of benzene rings is 3. The maximum Gasteiger partial charge on any atom is 0.573 e. The van der Waals surface area contributed by atoms with Crippen LogP contribution in [0.4, 0.5) is 28.9 Å². The molecule has 186 valence electrons. The molecule has 35 heavy (non-hydrogen) atoms. The van der Waals surface area contributed by atoms with Crippen LogP contribution in [-0.2, 0) is 16.8 Å². The van der Waals surface area contributed by atoms with Crippen molar-refractivity contribution in [3.05, 3.63) is 89.7 Å². The number of hydrogen-bond donors (Lipinski definition) is 1. The van der Waals surface area contributed by atoms with E-state index in [9.17, 15) is 30.8 Å². The van der Waals surface area contributed by atoms with Crippen LogP contribution in [-0.4, -0.2) is 39.1 Å². The van der Waals surface area contributed by atoms with Crippen molar-refractivity contribution in [3.63, 3.8) is 0 Å². The molecule has 0 unspecified atom stereocenters. The molecular formula is C23H21F4N3O4S. The molecule has 0 saturated carbocycles. The van der Waals surface area contributed by atoms with E-state index in [0.717, 1.165) is 26.8 Å². The van der Waals surface area contributed by atoms with Gasteiger partial charge in [-0.2, -0.15) is 12.7 Å². The summed E-state index contributed by atoms with van der Waals surface area (Å²) in [5.41, 5.74) is 0.832. The summed E-state index contributed by atoms with van der Waals surface area (Å²) in [4.78, 5) is 12.5. The van der Waals surface area contributed by atoms with Crippen molar-refractivity contribution in [2.45, 2.75) is 12.9 Å². The van der Waals surface area contributed by atoms with Crippen LogP contribution < -0.4 is 14.4 Å². The van der Waals surface area contributed by atoms with Crippen molar-refractivity contribution >= 4 is 27.5 Å². The Balaban J connectivity index is 1.75. The zero-order chi connectivity index (χ0) is 25.8. The molecule has 0 aromatic heterocycles. The normalized spacial score (nSPS) is 11.9. The quantitative estimate of drug-likeness (QED) is 0.441. The van der Waals surface area contributed by atoms with E-state index in [0.29, 0.717) is 5.56 Å². The van der Waals surface area contributed by atoms with Gasteiger partial charge in [-0.05, 0) is 54.1 Å². The summed E-state index contributed by atoms with van der Waals surface area (Å²) in [5, 5.41) is 2.54. The minimum Gasteiger partial charge on any atom is -0.406 e. The first kappa shape index (κ1) is 26.0. The summed E-state index contributed by atoms with van der Waals surface area (Å²) < 4.78 is 82.4. The first-order chi connectivity index (χ1) is 16.4. The summed E-state index contributed by atoms with van der Waals surface area (Å²) in [5.74, 6) is -1.67. The highest BCUT2D eigenvalue weighted by molar-refractivity contribution is 7.90. The molecule has 3 aromatic carbocycles. The van der Waals surface area contributed by atoms with Gasteiger partial charge in [0, 0.05) is 25.3 Å². The largest absolute Gasteiger partial charge is 0.573 e. The van der Waals surface area contributed by atoms with Crippen LogP contribution in [0.15, 0.2) is 72.8 Å². The SMILES string of the molecule is CN(C)S(=O)(=O)N(Cc1ccc(C(=O)Nc2ccc(OC(F)(F)F)cc2)cc1)c1ccccc1F. The molecule has 0 bridgehead atoms. The minimum absolute atomic E-state index is 0.124. The van der Waals surface area contributed by atoms with Gasteiger partial charge in [0.2, 0.25) is 0 Å². The number of nitrogens with zero attached hydrogens (tertiary/aromatic N) is 2. The zero-order valence-corrected chi connectivity index (χ0v) is 19.4.